The lowest BCUT2D eigenvalue weighted by Gasteiger charge is -2.64. The molecule has 0 amide bonds. The van der Waals surface area contributed by atoms with Crippen molar-refractivity contribution < 1.29 is 14.6 Å². The van der Waals surface area contributed by atoms with E-state index in [1.807, 2.05) is 0 Å². The summed E-state index contributed by atoms with van der Waals surface area (Å²) in [6.45, 7) is 13.8. The van der Waals surface area contributed by atoms with E-state index in [1.165, 1.54) is 51.9 Å². The molecule has 4 aliphatic carbocycles. The van der Waals surface area contributed by atoms with Crippen LogP contribution in [0.2, 0.25) is 0 Å². The maximum Gasteiger partial charge on any atom is 0.302 e. The zero-order chi connectivity index (χ0) is 23.3. The highest BCUT2D eigenvalue weighted by molar-refractivity contribution is 5.66. The highest BCUT2D eigenvalue weighted by Crippen LogP contribution is 2.69. The second kappa shape index (κ2) is 8.90. The van der Waals surface area contributed by atoms with Gasteiger partial charge < -0.3 is 9.84 Å². The number of hydrogen-bond acceptors (Lipinski definition) is 3. The Morgan fingerprint density at radius 2 is 1.72 bits per heavy atom. The molecule has 0 unspecified atom stereocenters. The van der Waals surface area contributed by atoms with Gasteiger partial charge in [0.2, 0.25) is 0 Å². The van der Waals surface area contributed by atoms with E-state index in [4.69, 9.17) is 4.74 Å². The van der Waals surface area contributed by atoms with Crippen LogP contribution < -0.4 is 0 Å². The van der Waals surface area contributed by atoms with Crippen LogP contribution in [0.3, 0.4) is 0 Å². The molecule has 0 saturated heterocycles. The molecule has 3 nitrogen and oxygen atoms in total. The van der Waals surface area contributed by atoms with Crippen LogP contribution in [0.15, 0.2) is 0 Å². The van der Waals surface area contributed by atoms with Crippen LogP contribution in [0.1, 0.15) is 119 Å². The molecule has 1 N–H and O–H groups in total. The molecule has 0 bridgehead atoms. The molecule has 32 heavy (non-hydrogen) atoms. The smallest absolute Gasteiger partial charge is 0.302 e. The first-order valence-corrected chi connectivity index (χ1v) is 13.9. The van der Waals surface area contributed by atoms with Crippen LogP contribution in [0.5, 0.6) is 0 Å². The number of fused-ring (bicyclic) bond motifs is 5. The van der Waals surface area contributed by atoms with Crippen molar-refractivity contribution in [3.05, 3.63) is 0 Å². The van der Waals surface area contributed by atoms with Crippen LogP contribution in [0.4, 0.5) is 0 Å². The van der Waals surface area contributed by atoms with E-state index in [0.717, 1.165) is 55.3 Å². The van der Waals surface area contributed by atoms with Gasteiger partial charge in [0, 0.05) is 13.3 Å². The van der Waals surface area contributed by atoms with Gasteiger partial charge in [0.15, 0.2) is 0 Å². The molecule has 0 aromatic heterocycles. The first-order valence-electron chi connectivity index (χ1n) is 13.9. The molecule has 0 radical (unpaired) electrons. The van der Waals surface area contributed by atoms with Crippen molar-refractivity contribution >= 4 is 5.97 Å². The summed E-state index contributed by atoms with van der Waals surface area (Å²) in [5, 5.41) is 11.9. The number of carbonyl (C=O) groups is 1. The van der Waals surface area contributed by atoms with E-state index in [9.17, 15) is 9.90 Å². The summed E-state index contributed by atoms with van der Waals surface area (Å²) >= 11 is 0. The zero-order valence-electron chi connectivity index (χ0n) is 21.8. The average Bonchev–Trinajstić information content (AvgIpc) is 3.05. The quantitative estimate of drug-likeness (QED) is 0.440. The number of ether oxygens (including phenoxy) is 1. The number of carbonyl (C=O) groups excluding carboxylic acids is 1. The Labute approximate surface area is 197 Å². The standard InChI is InChI=1S/C29H50O3/c1-19(2)8-7-9-20(3)24-10-11-25-23-13-17-29(31)18-22(32-21(4)30)12-16-28(29,6)26(23)14-15-27(24,25)5/h19-20,22-26,31H,7-18H2,1-6H3/t20-,22-,23+,24-,25+,26+,27+,28+,29+/m0/s1. The maximum atomic E-state index is 11.9. The van der Waals surface area contributed by atoms with Crippen molar-refractivity contribution in [3.63, 3.8) is 0 Å². The number of rotatable bonds is 6. The predicted molar refractivity (Wildman–Crippen MR) is 130 cm³/mol. The van der Waals surface area contributed by atoms with E-state index in [2.05, 4.69) is 34.6 Å². The average molecular weight is 447 g/mol. The minimum absolute atomic E-state index is 0.0190. The third-order valence-electron chi connectivity index (χ3n) is 11.3. The van der Waals surface area contributed by atoms with Gasteiger partial charge in [0.1, 0.15) is 6.10 Å². The van der Waals surface area contributed by atoms with Crippen molar-refractivity contribution in [2.24, 2.45) is 46.3 Å². The predicted octanol–water partition coefficient (Wildman–Crippen LogP) is 7.15. The third-order valence-corrected chi connectivity index (χ3v) is 11.3. The lowest BCUT2D eigenvalue weighted by atomic mass is 9.43. The fourth-order valence-electron chi connectivity index (χ4n) is 9.57. The van der Waals surface area contributed by atoms with Gasteiger partial charge in [-0.1, -0.05) is 53.9 Å². The third kappa shape index (κ3) is 4.07. The van der Waals surface area contributed by atoms with Crippen LogP contribution in [0, 0.1) is 46.3 Å². The minimum Gasteiger partial charge on any atom is -0.462 e. The number of aliphatic hydroxyl groups is 1. The summed E-state index contributed by atoms with van der Waals surface area (Å²) in [5.74, 6) is 4.59. The normalized spacial score (nSPS) is 46.8. The summed E-state index contributed by atoms with van der Waals surface area (Å²) in [7, 11) is 0. The molecular weight excluding hydrogens is 396 g/mol. The van der Waals surface area contributed by atoms with Gasteiger partial charge in [0.05, 0.1) is 5.60 Å². The summed E-state index contributed by atoms with van der Waals surface area (Å²) in [4.78, 5) is 11.5. The summed E-state index contributed by atoms with van der Waals surface area (Å²) in [5.41, 5.74) is -0.184. The highest BCUT2D eigenvalue weighted by atomic mass is 16.5. The van der Waals surface area contributed by atoms with E-state index in [-0.39, 0.29) is 17.5 Å². The molecule has 0 aromatic carbocycles. The molecule has 9 atom stereocenters. The van der Waals surface area contributed by atoms with Crippen LogP contribution >= 0.6 is 0 Å². The van der Waals surface area contributed by atoms with E-state index < -0.39 is 5.60 Å². The fourth-order valence-corrected chi connectivity index (χ4v) is 9.57. The van der Waals surface area contributed by atoms with Crippen molar-refractivity contribution in [2.75, 3.05) is 0 Å². The lowest BCUT2D eigenvalue weighted by Crippen LogP contribution is -2.63. The molecule has 4 rings (SSSR count). The van der Waals surface area contributed by atoms with Gasteiger partial charge >= 0.3 is 5.97 Å². The minimum atomic E-state index is -0.664. The number of esters is 1. The summed E-state index contributed by atoms with van der Waals surface area (Å²) in [6.07, 6.45) is 14.1. The van der Waals surface area contributed by atoms with E-state index >= 15 is 0 Å². The van der Waals surface area contributed by atoms with Gasteiger partial charge in [-0.05, 0) is 97.7 Å². The Kier molecular flexibility index (Phi) is 6.83. The van der Waals surface area contributed by atoms with Crippen LogP contribution in [0.25, 0.3) is 0 Å². The van der Waals surface area contributed by atoms with Crippen molar-refractivity contribution in [3.8, 4) is 0 Å². The van der Waals surface area contributed by atoms with Gasteiger partial charge in [-0.15, -0.1) is 0 Å². The lowest BCUT2D eigenvalue weighted by molar-refractivity contribution is -0.224. The van der Waals surface area contributed by atoms with E-state index in [0.29, 0.717) is 17.8 Å². The van der Waals surface area contributed by atoms with Crippen molar-refractivity contribution in [2.45, 2.75) is 130 Å². The first-order chi connectivity index (χ1) is 15.0. The second-order valence-electron chi connectivity index (χ2n) is 13.4. The Morgan fingerprint density at radius 3 is 2.41 bits per heavy atom. The molecule has 4 aliphatic rings. The van der Waals surface area contributed by atoms with Gasteiger partial charge in [-0.3, -0.25) is 4.79 Å². The van der Waals surface area contributed by atoms with E-state index in [1.54, 1.807) is 0 Å². The van der Waals surface area contributed by atoms with Crippen molar-refractivity contribution in [1.82, 2.24) is 0 Å². The Balaban J connectivity index is 1.47. The Bertz CT molecular complexity index is 688. The molecule has 0 heterocycles. The molecular formula is C29H50O3. The fraction of sp³-hybridized carbons (Fsp3) is 0.966. The highest BCUT2D eigenvalue weighted by Gasteiger charge is 2.64. The molecule has 4 fully saturated rings. The van der Waals surface area contributed by atoms with Crippen molar-refractivity contribution in [1.29, 1.82) is 0 Å². The Hall–Kier alpha value is -0.570. The van der Waals surface area contributed by atoms with Gasteiger partial charge in [-0.2, -0.15) is 0 Å². The molecule has 184 valence electrons. The molecule has 0 spiro atoms. The maximum absolute atomic E-state index is 11.9. The largest absolute Gasteiger partial charge is 0.462 e. The second-order valence-corrected chi connectivity index (χ2v) is 13.4. The summed E-state index contributed by atoms with van der Waals surface area (Å²) in [6, 6.07) is 0. The zero-order valence-corrected chi connectivity index (χ0v) is 21.8. The monoisotopic (exact) mass is 446 g/mol. The van der Waals surface area contributed by atoms with Crippen LogP contribution in [-0.2, 0) is 9.53 Å². The van der Waals surface area contributed by atoms with Gasteiger partial charge in [0.25, 0.3) is 0 Å². The molecule has 0 aliphatic heterocycles. The van der Waals surface area contributed by atoms with Gasteiger partial charge in [-0.25, -0.2) is 0 Å². The molecule has 4 saturated carbocycles. The summed E-state index contributed by atoms with van der Waals surface area (Å²) < 4.78 is 5.56. The SMILES string of the molecule is CC(=O)O[C@H]1CC[C@]2(C)[C@@H]3CC[C@@]4(C)[C@H](CC[C@H]4[C@@H](C)CCCC(C)C)[C@H]3CC[C@@]2(O)C1. The Morgan fingerprint density at radius 1 is 0.969 bits per heavy atom. The molecule has 0 aromatic rings. The first kappa shape index (κ1) is 24.6. The van der Waals surface area contributed by atoms with Crippen LogP contribution in [-0.4, -0.2) is 22.8 Å². The molecule has 3 heteroatoms. The number of hydrogen-bond donors (Lipinski definition) is 1. The topological polar surface area (TPSA) is 46.5 Å².